The van der Waals surface area contributed by atoms with Gasteiger partial charge in [-0.2, -0.15) is 0 Å². The maximum absolute atomic E-state index is 10.8. The molecule has 0 heterocycles. The SMILES string of the molecule is CCCC(O)C=C(C)C(=O)OC. The summed E-state index contributed by atoms with van der Waals surface area (Å²) >= 11 is 0. The molecule has 0 saturated heterocycles. The summed E-state index contributed by atoms with van der Waals surface area (Å²) in [5.41, 5.74) is 0.457. The van der Waals surface area contributed by atoms with Crippen molar-refractivity contribution in [3.05, 3.63) is 11.6 Å². The number of carbonyl (C=O) groups excluding carboxylic acids is 1. The molecule has 1 unspecified atom stereocenters. The zero-order valence-corrected chi connectivity index (χ0v) is 7.83. The summed E-state index contributed by atoms with van der Waals surface area (Å²) < 4.78 is 4.47. The van der Waals surface area contributed by atoms with E-state index in [0.717, 1.165) is 6.42 Å². The summed E-state index contributed by atoms with van der Waals surface area (Å²) in [4.78, 5) is 10.8. The van der Waals surface area contributed by atoms with Gasteiger partial charge in [0.25, 0.3) is 0 Å². The Labute approximate surface area is 73.0 Å². The molecule has 3 nitrogen and oxygen atoms in total. The second kappa shape index (κ2) is 5.77. The van der Waals surface area contributed by atoms with Crippen LogP contribution >= 0.6 is 0 Å². The summed E-state index contributed by atoms with van der Waals surface area (Å²) in [5, 5.41) is 9.28. The predicted octanol–water partition coefficient (Wildman–Crippen LogP) is 1.27. The highest BCUT2D eigenvalue weighted by atomic mass is 16.5. The third kappa shape index (κ3) is 4.13. The Morgan fingerprint density at radius 1 is 1.67 bits per heavy atom. The Morgan fingerprint density at radius 2 is 2.25 bits per heavy atom. The summed E-state index contributed by atoms with van der Waals surface area (Å²) in [7, 11) is 1.33. The largest absolute Gasteiger partial charge is 0.466 e. The number of aliphatic hydroxyl groups excluding tert-OH is 1. The van der Waals surface area contributed by atoms with E-state index >= 15 is 0 Å². The molecule has 0 rings (SSSR count). The summed E-state index contributed by atoms with van der Waals surface area (Å²) in [6, 6.07) is 0. The zero-order valence-electron chi connectivity index (χ0n) is 7.83. The standard InChI is InChI=1S/C9H16O3/c1-4-5-8(10)6-7(2)9(11)12-3/h6,8,10H,4-5H2,1-3H3. The predicted molar refractivity (Wildman–Crippen MR) is 46.7 cm³/mol. The van der Waals surface area contributed by atoms with Gasteiger partial charge in [-0.3, -0.25) is 0 Å². The van der Waals surface area contributed by atoms with Crippen molar-refractivity contribution < 1.29 is 14.6 Å². The van der Waals surface area contributed by atoms with Gasteiger partial charge < -0.3 is 9.84 Å². The lowest BCUT2D eigenvalue weighted by atomic mass is 10.1. The average molecular weight is 172 g/mol. The first-order valence-electron chi connectivity index (χ1n) is 4.06. The van der Waals surface area contributed by atoms with Crippen LogP contribution in [0.4, 0.5) is 0 Å². The van der Waals surface area contributed by atoms with Gasteiger partial charge in [-0.05, 0) is 19.4 Å². The van der Waals surface area contributed by atoms with Crippen molar-refractivity contribution >= 4 is 5.97 Å². The Hall–Kier alpha value is -0.830. The Kier molecular flexibility index (Phi) is 5.37. The van der Waals surface area contributed by atoms with Crippen molar-refractivity contribution in [2.75, 3.05) is 7.11 Å². The molecule has 0 fully saturated rings. The lowest BCUT2D eigenvalue weighted by Crippen LogP contribution is -2.07. The highest BCUT2D eigenvalue weighted by molar-refractivity contribution is 5.87. The minimum absolute atomic E-state index is 0.384. The molecule has 1 N–H and O–H groups in total. The molecular weight excluding hydrogens is 156 g/mol. The van der Waals surface area contributed by atoms with Crippen LogP contribution in [0.5, 0.6) is 0 Å². The average Bonchev–Trinajstić information content (AvgIpc) is 2.03. The number of ether oxygens (including phenoxy) is 1. The fourth-order valence-electron chi connectivity index (χ4n) is 0.897. The summed E-state index contributed by atoms with van der Waals surface area (Å²) in [5.74, 6) is -0.384. The quantitative estimate of drug-likeness (QED) is 0.513. The minimum atomic E-state index is -0.533. The van der Waals surface area contributed by atoms with E-state index in [9.17, 15) is 9.90 Å². The van der Waals surface area contributed by atoms with E-state index < -0.39 is 6.10 Å². The fourth-order valence-corrected chi connectivity index (χ4v) is 0.897. The number of rotatable bonds is 4. The van der Waals surface area contributed by atoms with Crippen LogP contribution in [0.3, 0.4) is 0 Å². The molecule has 3 heteroatoms. The van der Waals surface area contributed by atoms with Crippen molar-refractivity contribution in [3.8, 4) is 0 Å². The van der Waals surface area contributed by atoms with Crippen molar-refractivity contribution in [3.63, 3.8) is 0 Å². The van der Waals surface area contributed by atoms with Crippen LogP contribution in [0, 0.1) is 0 Å². The van der Waals surface area contributed by atoms with Gasteiger partial charge in [0.05, 0.1) is 13.2 Å². The lowest BCUT2D eigenvalue weighted by molar-refractivity contribution is -0.136. The summed E-state index contributed by atoms with van der Waals surface area (Å²) in [6.45, 7) is 3.61. The molecular formula is C9H16O3. The van der Waals surface area contributed by atoms with E-state index in [1.807, 2.05) is 6.92 Å². The topological polar surface area (TPSA) is 46.5 Å². The zero-order chi connectivity index (χ0) is 9.56. The number of methoxy groups -OCH3 is 1. The van der Waals surface area contributed by atoms with E-state index in [1.54, 1.807) is 6.92 Å². The van der Waals surface area contributed by atoms with E-state index in [4.69, 9.17) is 0 Å². The van der Waals surface area contributed by atoms with Crippen LogP contribution in [0.1, 0.15) is 26.7 Å². The first kappa shape index (κ1) is 11.2. The van der Waals surface area contributed by atoms with Crippen molar-refractivity contribution in [2.45, 2.75) is 32.8 Å². The normalized spacial score (nSPS) is 14.2. The van der Waals surface area contributed by atoms with Gasteiger partial charge in [-0.1, -0.05) is 13.3 Å². The smallest absolute Gasteiger partial charge is 0.333 e. The molecule has 0 spiro atoms. The van der Waals surface area contributed by atoms with Gasteiger partial charge in [-0.15, -0.1) is 0 Å². The molecule has 0 aliphatic rings. The van der Waals surface area contributed by atoms with Crippen molar-refractivity contribution in [1.82, 2.24) is 0 Å². The molecule has 0 aliphatic carbocycles. The number of hydrogen-bond donors (Lipinski definition) is 1. The van der Waals surface area contributed by atoms with Gasteiger partial charge in [0.2, 0.25) is 0 Å². The molecule has 0 aromatic heterocycles. The first-order valence-corrected chi connectivity index (χ1v) is 4.06. The molecule has 1 atom stereocenters. The van der Waals surface area contributed by atoms with Crippen molar-refractivity contribution in [1.29, 1.82) is 0 Å². The minimum Gasteiger partial charge on any atom is -0.466 e. The second-order valence-corrected chi connectivity index (χ2v) is 2.70. The molecule has 0 aromatic rings. The van der Waals surface area contributed by atoms with Crippen LogP contribution < -0.4 is 0 Å². The van der Waals surface area contributed by atoms with Gasteiger partial charge in [-0.25, -0.2) is 4.79 Å². The highest BCUT2D eigenvalue weighted by Gasteiger charge is 2.05. The highest BCUT2D eigenvalue weighted by Crippen LogP contribution is 2.03. The second-order valence-electron chi connectivity index (χ2n) is 2.70. The first-order chi connectivity index (χ1) is 5.61. The maximum Gasteiger partial charge on any atom is 0.333 e. The van der Waals surface area contributed by atoms with E-state index in [0.29, 0.717) is 12.0 Å². The number of esters is 1. The van der Waals surface area contributed by atoms with Crippen LogP contribution in [0.15, 0.2) is 11.6 Å². The third-order valence-corrected chi connectivity index (χ3v) is 1.53. The summed E-state index contributed by atoms with van der Waals surface area (Å²) in [6.07, 6.45) is 2.56. The Morgan fingerprint density at radius 3 is 2.67 bits per heavy atom. The molecule has 0 amide bonds. The number of aliphatic hydroxyl groups is 1. The molecule has 0 radical (unpaired) electrons. The van der Waals surface area contributed by atoms with Gasteiger partial charge in [0.15, 0.2) is 0 Å². The molecule has 70 valence electrons. The number of hydrogen-bond acceptors (Lipinski definition) is 3. The van der Waals surface area contributed by atoms with Crippen LogP contribution in [0.2, 0.25) is 0 Å². The van der Waals surface area contributed by atoms with Crippen LogP contribution in [0.25, 0.3) is 0 Å². The molecule has 0 bridgehead atoms. The monoisotopic (exact) mass is 172 g/mol. The Balaban J connectivity index is 4.05. The van der Waals surface area contributed by atoms with Crippen LogP contribution in [-0.4, -0.2) is 24.3 Å². The fraction of sp³-hybridized carbons (Fsp3) is 0.667. The Bertz CT molecular complexity index is 173. The van der Waals surface area contributed by atoms with E-state index in [-0.39, 0.29) is 5.97 Å². The van der Waals surface area contributed by atoms with Gasteiger partial charge in [0.1, 0.15) is 0 Å². The van der Waals surface area contributed by atoms with Crippen molar-refractivity contribution in [2.24, 2.45) is 0 Å². The molecule has 0 aliphatic heterocycles. The van der Waals surface area contributed by atoms with E-state index in [1.165, 1.54) is 13.2 Å². The lowest BCUT2D eigenvalue weighted by Gasteiger charge is -2.04. The molecule has 0 aromatic carbocycles. The van der Waals surface area contributed by atoms with Gasteiger partial charge in [0, 0.05) is 5.57 Å². The number of carbonyl (C=O) groups is 1. The maximum atomic E-state index is 10.8. The third-order valence-electron chi connectivity index (χ3n) is 1.53. The molecule has 0 saturated carbocycles. The van der Waals surface area contributed by atoms with Crippen LogP contribution in [-0.2, 0) is 9.53 Å². The van der Waals surface area contributed by atoms with Gasteiger partial charge >= 0.3 is 5.97 Å². The molecule has 12 heavy (non-hydrogen) atoms. The van der Waals surface area contributed by atoms with E-state index in [2.05, 4.69) is 4.74 Å².